The minimum absolute atomic E-state index is 0.793. The van der Waals surface area contributed by atoms with Crippen LogP contribution in [0.4, 0.5) is 0 Å². The van der Waals surface area contributed by atoms with E-state index in [4.69, 9.17) is 4.74 Å². The summed E-state index contributed by atoms with van der Waals surface area (Å²) < 4.78 is 5.36. The van der Waals surface area contributed by atoms with E-state index < -0.39 is 0 Å². The highest BCUT2D eigenvalue weighted by atomic mass is 16.5. The Balaban J connectivity index is 2.03. The van der Waals surface area contributed by atoms with E-state index in [2.05, 4.69) is 30.4 Å². The molecule has 0 spiro atoms. The highest BCUT2D eigenvalue weighted by Gasteiger charge is 2.13. The van der Waals surface area contributed by atoms with Gasteiger partial charge in [-0.25, -0.2) is 0 Å². The molecule has 1 fully saturated rings. The van der Waals surface area contributed by atoms with Crippen molar-refractivity contribution in [1.29, 1.82) is 0 Å². The Morgan fingerprint density at radius 3 is 3.00 bits per heavy atom. The molecule has 0 radical (unpaired) electrons. The second-order valence-corrected chi connectivity index (χ2v) is 4.72. The second kappa shape index (κ2) is 5.35. The van der Waals surface area contributed by atoms with Gasteiger partial charge in [0.25, 0.3) is 0 Å². The fourth-order valence-corrected chi connectivity index (χ4v) is 2.42. The lowest BCUT2D eigenvalue weighted by atomic mass is 9.92. The van der Waals surface area contributed by atoms with Crippen molar-refractivity contribution < 1.29 is 4.74 Å². The minimum atomic E-state index is 0.793. The monoisotopic (exact) mass is 219 g/mol. The third-order valence-electron chi connectivity index (χ3n) is 3.40. The number of methoxy groups -OCH3 is 1. The molecule has 1 saturated heterocycles. The molecule has 1 heterocycles. The second-order valence-electron chi connectivity index (χ2n) is 4.72. The van der Waals surface area contributed by atoms with Gasteiger partial charge < -0.3 is 10.1 Å². The maximum Gasteiger partial charge on any atom is 0.122 e. The highest BCUT2D eigenvalue weighted by Crippen LogP contribution is 2.22. The Bertz CT molecular complexity index is 343. The summed E-state index contributed by atoms with van der Waals surface area (Å²) in [6, 6.07) is 6.57. The van der Waals surface area contributed by atoms with E-state index in [0.29, 0.717) is 0 Å². The van der Waals surface area contributed by atoms with Gasteiger partial charge in [-0.1, -0.05) is 12.1 Å². The van der Waals surface area contributed by atoms with Crippen LogP contribution in [0.2, 0.25) is 0 Å². The third kappa shape index (κ3) is 2.76. The van der Waals surface area contributed by atoms with Crippen LogP contribution < -0.4 is 10.1 Å². The quantitative estimate of drug-likeness (QED) is 0.843. The summed E-state index contributed by atoms with van der Waals surface area (Å²) >= 11 is 0. The first-order valence-electron chi connectivity index (χ1n) is 6.14. The van der Waals surface area contributed by atoms with E-state index >= 15 is 0 Å². The molecule has 1 unspecified atom stereocenters. The average Bonchev–Trinajstić information content (AvgIpc) is 2.33. The number of aryl methyl sites for hydroxylation is 1. The van der Waals surface area contributed by atoms with Gasteiger partial charge in [-0.15, -0.1) is 0 Å². The molecule has 2 heteroatoms. The molecular formula is C14H21NO. The lowest BCUT2D eigenvalue weighted by Gasteiger charge is -2.23. The zero-order chi connectivity index (χ0) is 11.4. The summed E-state index contributed by atoms with van der Waals surface area (Å²) in [6.07, 6.45) is 3.83. The Morgan fingerprint density at radius 2 is 2.31 bits per heavy atom. The van der Waals surface area contributed by atoms with Crippen LogP contribution in [0, 0.1) is 12.8 Å². The molecule has 16 heavy (non-hydrogen) atoms. The lowest BCUT2D eigenvalue weighted by molar-refractivity contribution is 0.374. The SMILES string of the molecule is COc1cc(CC2CCCNC2)ccc1C. The summed E-state index contributed by atoms with van der Waals surface area (Å²) in [6.45, 7) is 4.44. The van der Waals surface area contributed by atoms with Crippen molar-refractivity contribution in [2.45, 2.75) is 26.2 Å². The van der Waals surface area contributed by atoms with Crippen molar-refractivity contribution in [3.63, 3.8) is 0 Å². The summed E-state index contributed by atoms with van der Waals surface area (Å²) in [5, 5.41) is 3.46. The molecule has 1 atom stereocenters. The standard InChI is InChI=1S/C14H21NO/c1-11-5-6-12(9-14(11)16-2)8-13-4-3-7-15-10-13/h5-6,9,13,15H,3-4,7-8,10H2,1-2H3. The van der Waals surface area contributed by atoms with Gasteiger partial charge in [0.15, 0.2) is 0 Å². The number of benzene rings is 1. The molecule has 88 valence electrons. The van der Waals surface area contributed by atoms with E-state index in [1.807, 2.05) is 0 Å². The van der Waals surface area contributed by atoms with Crippen molar-refractivity contribution in [3.05, 3.63) is 29.3 Å². The summed E-state index contributed by atoms with van der Waals surface area (Å²) in [4.78, 5) is 0. The molecular weight excluding hydrogens is 198 g/mol. The first-order valence-corrected chi connectivity index (χ1v) is 6.14. The van der Waals surface area contributed by atoms with Crippen molar-refractivity contribution in [3.8, 4) is 5.75 Å². The highest BCUT2D eigenvalue weighted by molar-refractivity contribution is 5.36. The molecule has 1 aromatic carbocycles. The van der Waals surface area contributed by atoms with Gasteiger partial charge in [-0.3, -0.25) is 0 Å². The Kier molecular flexibility index (Phi) is 3.83. The summed E-state index contributed by atoms with van der Waals surface area (Å²) in [7, 11) is 1.74. The Labute approximate surface area is 98.0 Å². The molecule has 2 rings (SSSR count). The molecule has 1 N–H and O–H groups in total. The molecule has 1 aliphatic rings. The van der Waals surface area contributed by atoms with E-state index in [-0.39, 0.29) is 0 Å². The Hall–Kier alpha value is -1.02. The van der Waals surface area contributed by atoms with Crippen molar-refractivity contribution in [2.75, 3.05) is 20.2 Å². The molecule has 0 amide bonds. The molecule has 0 aliphatic carbocycles. The fourth-order valence-electron chi connectivity index (χ4n) is 2.42. The maximum absolute atomic E-state index is 5.36. The number of nitrogens with one attached hydrogen (secondary N) is 1. The normalized spacial score (nSPS) is 20.8. The van der Waals surface area contributed by atoms with Crippen LogP contribution in [0.3, 0.4) is 0 Å². The summed E-state index contributed by atoms with van der Waals surface area (Å²) in [5.74, 6) is 1.81. The molecule has 0 bridgehead atoms. The molecule has 0 aromatic heterocycles. The van der Waals surface area contributed by atoms with Gasteiger partial charge in [0.2, 0.25) is 0 Å². The van der Waals surface area contributed by atoms with Crippen molar-refractivity contribution in [1.82, 2.24) is 5.32 Å². The molecule has 2 nitrogen and oxygen atoms in total. The zero-order valence-electron chi connectivity index (χ0n) is 10.3. The smallest absolute Gasteiger partial charge is 0.122 e. The van der Waals surface area contributed by atoms with Crippen LogP contribution in [-0.4, -0.2) is 20.2 Å². The topological polar surface area (TPSA) is 21.3 Å². The van der Waals surface area contributed by atoms with E-state index in [1.165, 1.54) is 36.9 Å². The molecule has 1 aliphatic heterocycles. The number of hydrogen-bond donors (Lipinski definition) is 1. The average molecular weight is 219 g/mol. The van der Waals surface area contributed by atoms with Gasteiger partial charge in [0, 0.05) is 0 Å². The number of ether oxygens (including phenoxy) is 1. The minimum Gasteiger partial charge on any atom is -0.496 e. The van der Waals surface area contributed by atoms with Crippen LogP contribution in [0.25, 0.3) is 0 Å². The number of rotatable bonds is 3. The van der Waals surface area contributed by atoms with Crippen LogP contribution in [0.15, 0.2) is 18.2 Å². The van der Waals surface area contributed by atoms with E-state index in [9.17, 15) is 0 Å². The van der Waals surface area contributed by atoms with Crippen LogP contribution in [-0.2, 0) is 6.42 Å². The summed E-state index contributed by atoms with van der Waals surface area (Å²) in [5.41, 5.74) is 2.61. The predicted octanol–water partition coefficient (Wildman–Crippen LogP) is 2.55. The van der Waals surface area contributed by atoms with Crippen molar-refractivity contribution in [2.24, 2.45) is 5.92 Å². The Morgan fingerprint density at radius 1 is 1.44 bits per heavy atom. The molecule has 1 aromatic rings. The third-order valence-corrected chi connectivity index (χ3v) is 3.40. The fraction of sp³-hybridized carbons (Fsp3) is 0.571. The van der Waals surface area contributed by atoms with Crippen LogP contribution in [0.5, 0.6) is 5.75 Å². The van der Waals surface area contributed by atoms with Gasteiger partial charge in [0.1, 0.15) is 5.75 Å². The first-order chi connectivity index (χ1) is 7.79. The predicted molar refractivity (Wildman–Crippen MR) is 67.0 cm³/mol. The zero-order valence-corrected chi connectivity index (χ0v) is 10.3. The largest absolute Gasteiger partial charge is 0.496 e. The lowest BCUT2D eigenvalue weighted by Crippen LogP contribution is -2.30. The number of piperidine rings is 1. The van der Waals surface area contributed by atoms with Gasteiger partial charge in [-0.2, -0.15) is 0 Å². The van der Waals surface area contributed by atoms with Gasteiger partial charge in [-0.05, 0) is 62.4 Å². The van der Waals surface area contributed by atoms with E-state index in [1.54, 1.807) is 7.11 Å². The van der Waals surface area contributed by atoms with Gasteiger partial charge >= 0.3 is 0 Å². The molecule has 0 saturated carbocycles. The van der Waals surface area contributed by atoms with Crippen LogP contribution >= 0.6 is 0 Å². The van der Waals surface area contributed by atoms with Crippen LogP contribution in [0.1, 0.15) is 24.0 Å². The first kappa shape index (κ1) is 11.5. The van der Waals surface area contributed by atoms with E-state index in [0.717, 1.165) is 18.2 Å². The van der Waals surface area contributed by atoms with Crippen molar-refractivity contribution >= 4 is 0 Å². The van der Waals surface area contributed by atoms with Gasteiger partial charge in [0.05, 0.1) is 7.11 Å². The maximum atomic E-state index is 5.36. The number of hydrogen-bond acceptors (Lipinski definition) is 2.